The highest BCUT2D eigenvalue weighted by atomic mass is 16.5. The lowest BCUT2D eigenvalue weighted by Gasteiger charge is -2.18. The third-order valence-corrected chi connectivity index (χ3v) is 6.40. The number of ether oxygens (including phenoxy) is 1. The zero-order valence-electron chi connectivity index (χ0n) is 20.5. The lowest BCUT2D eigenvalue weighted by atomic mass is 10.0. The predicted octanol–water partition coefficient (Wildman–Crippen LogP) is 5.71. The second-order valence-corrected chi connectivity index (χ2v) is 9.05. The molecular weight excluding hydrogens is 452 g/mol. The van der Waals surface area contributed by atoms with E-state index in [9.17, 15) is 9.90 Å². The van der Waals surface area contributed by atoms with Crippen molar-refractivity contribution in [3.05, 3.63) is 90.1 Å². The normalized spacial score (nSPS) is 12.2. The van der Waals surface area contributed by atoms with Gasteiger partial charge in [-0.05, 0) is 54.8 Å². The zero-order chi connectivity index (χ0) is 25.1. The number of amides is 1. The van der Waals surface area contributed by atoms with E-state index in [-0.39, 0.29) is 12.5 Å². The third-order valence-electron chi connectivity index (χ3n) is 6.40. The van der Waals surface area contributed by atoms with Gasteiger partial charge in [-0.3, -0.25) is 4.79 Å². The summed E-state index contributed by atoms with van der Waals surface area (Å²) in [5.41, 5.74) is 4.18. The lowest BCUT2D eigenvalue weighted by molar-refractivity contribution is 0.0912. The highest BCUT2D eigenvalue weighted by Gasteiger charge is 2.20. The molecule has 2 heterocycles. The van der Waals surface area contributed by atoms with Crippen molar-refractivity contribution in [1.82, 2.24) is 9.88 Å². The Labute approximate surface area is 210 Å². The molecule has 2 N–H and O–H groups in total. The molecule has 2 aromatic heterocycles. The summed E-state index contributed by atoms with van der Waals surface area (Å²) in [5, 5.41) is 15.3. The molecule has 5 aromatic rings. The first kappa shape index (κ1) is 23.7. The smallest absolute Gasteiger partial charge is 0.255 e. The largest absolute Gasteiger partial charge is 0.493 e. The maximum atomic E-state index is 13.5. The van der Waals surface area contributed by atoms with E-state index in [0.717, 1.165) is 39.4 Å². The van der Waals surface area contributed by atoms with Gasteiger partial charge in [0, 0.05) is 35.1 Å². The summed E-state index contributed by atoms with van der Waals surface area (Å²) in [6.45, 7) is 2.35. The van der Waals surface area contributed by atoms with Crippen LogP contribution in [0.4, 0.5) is 0 Å². The number of aliphatic hydroxyl groups is 1. The van der Waals surface area contributed by atoms with Crippen LogP contribution in [0.2, 0.25) is 0 Å². The number of carbonyl (C=O) groups is 1. The van der Waals surface area contributed by atoms with Crippen LogP contribution in [0, 0.1) is 0 Å². The minimum absolute atomic E-state index is 0.177. The van der Waals surface area contributed by atoms with E-state index in [4.69, 9.17) is 9.15 Å². The maximum absolute atomic E-state index is 13.5. The first-order valence-corrected chi connectivity index (χ1v) is 12.3. The van der Waals surface area contributed by atoms with Gasteiger partial charge in [0.1, 0.15) is 17.1 Å². The number of aryl methyl sites for hydroxylation is 1. The molecule has 6 heteroatoms. The summed E-state index contributed by atoms with van der Waals surface area (Å²) in [6, 6.07) is 23.0. The minimum Gasteiger partial charge on any atom is -0.493 e. The van der Waals surface area contributed by atoms with Crippen LogP contribution in [0.1, 0.15) is 29.3 Å². The van der Waals surface area contributed by atoms with Crippen molar-refractivity contribution in [1.29, 1.82) is 0 Å². The molecule has 0 aliphatic carbocycles. The molecule has 0 aliphatic heterocycles. The number of nitrogens with one attached hydrogen (secondary N) is 1. The molecule has 1 amide bonds. The zero-order valence-corrected chi connectivity index (χ0v) is 20.5. The SMILES string of the molecule is CCCOc1ccc(-c2cc3ccccc3o2)cc1C(=O)NC(CO)Cc1cn(C)c2ccccc12. The quantitative estimate of drug-likeness (QED) is 0.282. The van der Waals surface area contributed by atoms with Crippen LogP contribution in [-0.2, 0) is 13.5 Å². The fourth-order valence-electron chi connectivity index (χ4n) is 4.60. The Morgan fingerprint density at radius 1 is 1.08 bits per heavy atom. The maximum Gasteiger partial charge on any atom is 0.255 e. The molecule has 0 bridgehead atoms. The van der Waals surface area contributed by atoms with Crippen molar-refractivity contribution >= 4 is 27.8 Å². The molecule has 0 saturated heterocycles. The lowest BCUT2D eigenvalue weighted by Crippen LogP contribution is -2.39. The van der Waals surface area contributed by atoms with E-state index in [1.807, 2.05) is 68.6 Å². The number of aromatic nitrogens is 1. The van der Waals surface area contributed by atoms with Crippen molar-refractivity contribution < 1.29 is 19.1 Å². The summed E-state index contributed by atoms with van der Waals surface area (Å²) < 4.78 is 14.0. The minimum atomic E-state index is -0.447. The Bertz CT molecular complexity index is 1480. The molecule has 1 unspecified atom stereocenters. The summed E-state index contributed by atoms with van der Waals surface area (Å²) in [5.74, 6) is 0.899. The third kappa shape index (κ3) is 4.72. The van der Waals surface area contributed by atoms with Crippen LogP contribution in [0.25, 0.3) is 33.2 Å². The molecule has 6 nitrogen and oxygen atoms in total. The Morgan fingerprint density at radius 3 is 2.69 bits per heavy atom. The Morgan fingerprint density at radius 2 is 1.89 bits per heavy atom. The molecule has 0 aliphatic rings. The van der Waals surface area contributed by atoms with Gasteiger partial charge in [-0.2, -0.15) is 0 Å². The van der Waals surface area contributed by atoms with Gasteiger partial charge in [0.15, 0.2) is 0 Å². The van der Waals surface area contributed by atoms with E-state index >= 15 is 0 Å². The van der Waals surface area contributed by atoms with Crippen LogP contribution in [0.3, 0.4) is 0 Å². The first-order chi connectivity index (χ1) is 17.6. The molecule has 0 saturated carbocycles. The number of rotatable bonds is 9. The number of aliphatic hydroxyl groups excluding tert-OH is 1. The van der Waals surface area contributed by atoms with Crippen LogP contribution in [-0.4, -0.2) is 34.8 Å². The average molecular weight is 483 g/mol. The molecule has 1 atom stereocenters. The van der Waals surface area contributed by atoms with Gasteiger partial charge >= 0.3 is 0 Å². The van der Waals surface area contributed by atoms with Gasteiger partial charge < -0.3 is 24.1 Å². The Balaban J connectivity index is 1.43. The number of benzene rings is 3. The molecule has 0 radical (unpaired) electrons. The second-order valence-electron chi connectivity index (χ2n) is 9.05. The number of para-hydroxylation sites is 2. The predicted molar refractivity (Wildman–Crippen MR) is 142 cm³/mol. The number of carbonyl (C=O) groups excluding carboxylic acids is 1. The van der Waals surface area contributed by atoms with Crippen LogP contribution < -0.4 is 10.1 Å². The average Bonchev–Trinajstić information content (AvgIpc) is 3.48. The van der Waals surface area contributed by atoms with E-state index in [1.54, 1.807) is 6.07 Å². The van der Waals surface area contributed by atoms with Crippen LogP contribution in [0.15, 0.2) is 83.4 Å². The number of furan rings is 1. The summed E-state index contributed by atoms with van der Waals surface area (Å²) in [6.07, 6.45) is 3.39. The van der Waals surface area contributed by atoms with E-state index in [1.165, 1.54) is 0 Å². The standard InChI is InChI=1S/C30H30N2O4/c1-3-14-35-28-13-12-21(29-17-20-8-4-7-11-27(20)36-29)16-25(28)30(34)31-23(19-33)15-22-18-32(2)26-10-6-5-9-24(22)26/h4-13,16-18,23,33H,3,14-15,19H2,1-2H3,(H,31,34). The molecule has 36 heavy (non-hydrogen) atoms. The van der Waals surface area contributed by atoms with Crippen molar-refractivity contribution in [3.63, 3.8) is 0 Å². The fraction of sp³-hybridized carbons (Fsp3) is 0.233. The summed E-state index contributed by atoms with van der Waals surface area (Å²) in [7, 11) is 2.00. The molecular formula is C30H30N2O4. The van der Waals surface area contributed by atoms with Crippen molar-refractivity contribution in [3.8, 4) is 17.1 Å². The molecule has 0 spiro atoms. The fourth-order valence-corrected chi connectivity index (χ4v) is 4.60. The van der Waals surface area contributed by atoms with E-state index in [0.29, 0.717) is 30.1 Å². The summed E-state index contributed by atoms with van der Waals surface area (Å²) in [4.78, 5) is 13.5. The second kappa shape index (κ2) is 10.3. The van der Waals surface area contributed by atoms with Gasteiger partial charge in [0.25, 0.3) is 5.91 Å². The monoisotopic (exact) mass is 482 g/mol. The van der Waals surface area contributed by atoms with Crippen molar-refractivity contribution in [2.75, 3.05) is 13.2 Å². The topological polar surface area (TPSA) is 76.6 Å². The van der Waals surface area contributed by atoms with Gasteiger partial charge in [-0.15, -0.1) is 0 Å². The van der Waals surface area contributed by atoms with Gasteiger partial charge in [-0.1, -0.05) is 43.3 Å². The number of fused-ring (bicyclic) bond motifs is 2. The van der Waals surface area contributed by atoms with Crippen LogP contribution >= 0.6 is 0 Å². The molecule has 0 fully saturated rings. The van der Waals surface area contributed by atoms with E-state index in [2.05, 4.69) is 28.2 Å². The number of nitrogens with zero attached hydrogens (tertiary/aromatic N) is 1. The van der Waals surface area contributed by atoms with Gasteiger partial charge in [0.05, 0.1) is 24.8 Å². The number of hydrogen-bond donors (Lipinski definition) is 2. The Kier molecular flexibility index (Phi) is 6.78. The molecule has 3 aromatic carbocycles. The van der Waals surface area contributed by atoms with Gasteiger partial charge in [-0.25, -0.2) is 0 Å². The van der Waals surface area contributed by atoms with Crippen molar-refractivity contribution in [2.45, 2.75) is 25.8 Å². The van der Waals surface area contributed by atoms with Gasteiger partial charge in [0.2, 0.25) is 0 Å². The molecule has 184 valence electrons. The van der Waals surface area contributed by atoms with E-state index < -0.39 is 6.04 Å². The van der Waals surface area contributed by atoms with Crippen LogP contribution in [0.5, 0.6) is 5.75 Å². The van der Waals surface area contributed by atoms with Crippen molar-refractivity contribution in [2.24, 2.45) is 7.05 Å². The Hall–Kier alpha value is -4.03. The molecule has 5 rings (SSSR count). The summed E-state index contributed by atoms with van der Waals surface area (Å²) >= 11 is 0. The first-order valence-electron chi connectivity index (χ1n) is 12.3. The highest BCUT2D eigenvalue weighted by molar-refractivity contribution is 5.98. The highest BCUT2D eigenvalue weighted by Crippen LogP contribution is 2.31. The number of hydrogen-bond acceptors (Lipinski definition) is 4.